The Bertz CT molecular complexity index is 1290. The lowest BCUT2D eigenvalue weighted by Crippen LogP contribution is -2.13. The number of nitrogens with one attached hydrogen (secondary N) is 2. The van der Waals surface area contributed by atoms with Gasteiger partial charge >= 0.3 is 0 Å². The minimum Gasteiger partial charge on any atom is -0.493 e. The fraction of sp³-hybridized carbons (Fsp3) is 0.0952. The molecule has 152 valence electrons. The lowest BCUT2D eigenvalue weighted by atomic mass is 10.0. The lowest BCUT2D eigenvalue weighted by molar-refractivity contribution is 0.355. The van der Waals surface area contributed by atoms with Crippen molar-refractivity contribution in [3.63, 3.8) is 0 Å². The largest absolute Gasteiger partial charge is 0.493 e. The number of aromatic amines is 1. The maximum atomic E-state index is 12.9. The number of fused-ring (bicyclic) bond motifs is 1. The highest BCUT2D eigenvalue weighted by Crippen LogP contribution is 2.34. The van der Waals surface area contributed by atoms with Gasteiger partial charge in [-0.15, -0.1) is 0 Å². The van der Waals surface area contributed by atoms with Gasteiger partial charge in [0.2, 0.25) is 5.95 Å². The predicted molar refractivity (Wildman–Crippen MR) is 118 cm³/mol. The molecule has 0 saturated carbocycles. The molecular weight excluding hydrogens is 427 g/mol. The van der Waals surface area contributed by atoms with Crippen molar-refractivity contribution in [1.29, 1.82) is 0 Å². The Morgan fingerprint density at radius 3 is 2.40 bits per heavy atom. The third-order valence-corrected chi connectivity index (χ3v) is 4.86. The highest BCUT2D eigenvalue weighted by atomic mass is 35.5. The number of nitrogens with zero attached hydrogens (tertiary/aromatic N) is 2. The van der Waals surface area contributed by atoms with E-state index in [0.29, 0.717) is 43.8 Å². The van der Waals surface area contributed by atoms with Crippen molar-refractivity contribution in [2.75, 3.05) is 19.5 Å². The Morgan fingerprint density at radius 1 is 0.967 bits per heavy atom. The summed E-state index contributed by atoms with van der Waals surface area (Å²) in [4.78, 5) is 24.3. The first-order valence-corrected chi connectivity index (χ1v) is 9.58. The van der Waals surface area contributed by atoms with Gasteiger partial charge in [0.25, 0.3) is 5.56 Å². The van der Waals surface area contributed by atoms with Crippen molar-refractivity contribution in [2.45, 2.75) is 0 Å². The van der Waals surface area contributed by atoms with Gasteiger partial charge in [-0.2, -0.15) is 4.98 Å². The first-order valence-electron chi connectivity index (χ1n) is 8.83. The van der Waals surface area contributed by atoms with Gasteiger partial charge in [0.15, 0.2) is 17.1 Å². The molecule has 0 aliphatic carbocycles. The molecule has 30 heavy (non-hydrogen) atoms. The molecule has 0 unspecified atom stereocenters. The normalized spacial score (nSPS) is 10.8. The maximum absolute atomic E-state index is 12.9. The molecule has 0 saturated heterocycles. The second-order valence-electron chi connectivity index (χ2n) is 6.32. The quantitative estimate of drug-likeness (QED) is 0.449. The van der Waals surface area contributed by atoms with Crippen LogP contribution in [0.1, 0.15) is 0 Å². The molecule has 0 radical (unpaired) electrons. The zero-order valence-corrected chi connectivity index (χ0v) is 17.5. The molecular formula is C21H16Cl2N4O3. The van der Waals surface area contributed by atoms with Gasteiger partial charge in [-0.05, 0) is 47.5 Å². The monoisotopic (exact) mass is 442 g/mol. The highest BCUT2D eigenvalue weighted by Gasteiger charge is 2.14. The van der Waals surface area contributed by atoms with Gasteiger partial charge in [-0.3, -0.25) is 9.78 Å². The van der Waals surface area contributed by atoms with Gasteiger partial charge < -0.3 is 14.8 Å². The number of hydrogen-bond acceptors (Lipinski definition) is 6. The van der Waals surface area contributed by atoms with E-state index in [-0.39, 0.29) is 11.5 Å². The highest BCUT2D eigenvalue weighted by molar-refractivity contribution is 6.35. The topological polar surface area (TPSA) is 89.1 Å². The Morgan fingerprint density at radius 2 is 1.70 bits per heavy atom. The van der Waals surface area contributed by atoms with Crippen molar-refractivity contribution in [3.8, 4) is 22.6 Å². The molecule has 0 fully saturated rings. The first-order chi connectivity index (χ1) is 14.5. The number of methoxy groups -OCH3 is 2. The van der Waals surface area contributed by atoms with Crippen molar-refractivity contribution >= 4 is 45.9 Å². The first kappa shape index (κ1) is 20.0. The van der Waals surface area contributed by atoms with E-state index in [1.165, 1.54) is 0 Å². The fourth-order valence-electron chi connectivity index (χ4n) is 3.13. The van der Waals surface area contributed by atoms with E-state index in [9.17, 15) is 4.79 Å². The van der Waals surface area contributed by atoms with Crippen LogP contribution in [-0.2, 0) is 0 Å². The summed E-state index contributed by atoms with van der Waals surface area (Å²) in [5, 5.41) is 4.28. The number of H-pyrrole nitrogens is 1. The maximum Gasteiger partial charge on any atom is 0.262 e. The third-order valence-electron chi connectivity index (χ3n) is 4.43. The summed E-state index contributed by atoms with van der Waals surface area (Å²) in [5.41, 5.74) is 1.99. The van der Waals surface area contributed by atoms with Crippen LogP contribution in [0.15, 0.2) is 53.5 Å². The lowest BCUT2D eigenvalue weighted by Gasteiger charge is -2.11. The number of anilines is 2. The van der Waals surface area contributed by atoms with Crippen molar-refractivity contribution in [2.24, 2.45) is 0 Å². The summed E-state index contributed by atoms with van der Waals surface area (Å²) in [6.45, 7) is 0. The average molecular weight is 443 g/mol. The molecule has 4 rings (SSSR count). The number of halogens is 2. The molecule has 0 amide bonds. The molecule has 2 heterocycles. The molecule has 4 aromatic rings. The van der Waals surface area contributed by atoms with Crippen LogP contribution in [0.4, 0.5) is 11.6 Å². The van der Waals surface area contributed by atoms with Gasteiger partial charge in [-0.1, -0.05) is 29.3 Å². The van der Waals surface area contributed by atoms with E-state index in [0.717, 1.165) is 5.56 Å². The summed E-state index contributed by atoms with van der Waals surface area (Å²) >= 11 is 12.1. The van der Waals surface area contributed by atoms with Crippen LogP contribution in [0.5, 0.6) is 11.5 Å². The zero-order chi connectivity index (χ0) is 21.3. The molecule has 7 nitrogen and oxygen atoms in total. The molecule has 0 aliphatic heterocycles. The molecule has 0 bridgehead atoms. The van der Waals surface area contributed by atoms with E-state index in [1.807, 2.05) is 6.07 Å². The van der Waals surface area contributed by atoms with Crippen LogP contribution in [0.3, 0.4) is 0 Å². The number of hydrogen-bond donors (Lipinski definition) is 2. The van der Waals surface area contributed by atoms with E-state index in [1.54, 1.807) is 56.8 Å². The second kappa shape index (κ2) is 8.22. The molecule has 0 aliphatic rings. The summed E-state index contributed by atoms with van der Waals surface area (Å²) in [6.07, 6.45) is 1.60. The predicted octanol–water partition coefficient (Wildman–Crippen LogP) is 5.05. The molecule has 0 atom stereocenters. The standard InChI is InChI=1S/C21H16Cl2N4O3/c1-29-16-4-3-11(7-17(16)30-2)15-5-6-24-19-18(15)20(28)27-21(26-19)25-14-9-12(22)8-13(23)10-14/h3-10H,1-2H3,(H2,24,25,26,27,28). The summed E-state index contributed by atoms with van der Waals surface area (Å²) in [5.74, 6) is 1.38. The third kappa shape index (κ3) is 3.90. The number of aromatic nitrogens is 3. The van der Waals surface area contributed by atoms with E-state index in [2.05, 4.69) is 20.3 Å². The van der Waals surface area contributed by atoms with Gasteiger partial charge in [0, 0.05) is 21.9 Å². The van der Waals surface area contributed by atoms with E-state index in [4.69, 9.17) is 32.7 Å². The van der Waals surface area contributed by atoms with Crippen LogP contribution < -0.4 is 20.3 Å². The number of ether oxygens (including phenoxy) is 2. The van der Waals surface area contributed by atoms with Crippen molar-refractivity contribution in [1.82, 2.24) is 15.0 Å². The summed E-state index contributed by atoms with van der Waals surface area (Å²) in [7, 11) is 3.12. The van der Waals surface area contributed by atoms with E-state index >= 15 is 0 Å². The summed E-state index contributed by atoms with van der Waals surface area (Å²) in [6, 6.07) is 12.1. The van der Waals surface area contributed by atoms with Gasteiger partial charge in [0.05, 0.1) is 19.6 Å². The molecule has 9 heteroatoms. The molecule has 2 aromatic heterocycles. The molecule has 2 aromatic carbocycles. The minimum absolute atomic E-state index is 0.225. The van der Waals surface area contributed by atoms with Crippen LogP contribution >= 0.6 is 23.2 Å². The minimum atomic E-state index is -0.339. The Hall–Kier alpha value is -3.29. The Kier molecular flexibility index (Phi) is 5.48. The molecule has 2 N–H and O–H groups in total. The van der Waals surface area contributed by atoms with Gasteiger partial charge in [0.1, 0.15) is 0 Å². The Balaban J connectivity index is 1.80. The average Bonchev–Trinajstić information content (AvgIpc) is 2.72. The SMILES string of the molecule is COc1ccc(-c2ccnc3nc(Nc4cc(Cl)cc(Cl)c4)[nH]c(=O)c23)cc1OC. The van der Waals surface area contributed by atoms with Crippen LogP contribution in [0, 0.1) is 0 Å². The van der Waals surface area contributed by atoms with Crippen LogP contribution in [-0.4, -0.2) is 29.2 Å². The number of benzene rings is 2. The van der Waals surface area contributed by atoms with Crippen LogP contribution in [0.2, 0.25) is 10.0 Å². The van der Waals surface area contributed by atoms with Crippen molar-refractivity contribution < 1.29 is 9.47 Å². The Labute approximate surface area is 181 Å². The zero-order valence-electron chi connectivity index (χ0n) is 16.0. The number of pyridine rings is 1. The fourth-order valence-corrected chi connectivity index (χ4v) is 3.66. The second-order valence-corrected chi connectivity index (χ2v) is 7.20. The van der Waals surface area contributed by atoms with Crippen molar-refractivity contribution in [3.05, 3.63) is 69.1 Å². The van der Waals surface area contributed by atoms with E-state index < -0.39 is 0 Å². The summed E-state index contributed by atoms with van der Waals surface area (Å²) < 4.78 is 10.7. The molecule has 0 spiro atoms. The van der Waals surface area contributed by atoms with Crippen LogP contribution in [0.25, 0.3) is 22.2 Å². The smallest absolute Gasteiger partial charge is 0.262 e. The van der Waals surface area contributed by atoms with Gasteiger partial charge in [-0.25, -0.2) is 4.98 Å². The number of rotatable bonds is 5.